The van der Waals surface area contributed by atoms with Crippen molar-refractivity contribution < 1.29 is 14.3 Å². The van der Waals surface area contributed by atoms with Gasteiger partial charge in [0, 0.05) is 6.54 Å². The smallest absolute Gasteiger partial charge is 0.313 e. The zero-order valence-corrected chi connectivity index (χ0v) is 9.57. The van der Waals surface area contributed by atoms with E-state index in [1.165, 1.54) is 7.11 Å². The fourth-order valence-corrected chi connectivity index (χ4v) is 2.07. The second kappa shape index (κ2) is 5.27. The first-order valence-electron chi connectivity index (χ1n) is 5.33. The lowest BCUT2D eigenvalue weighted by Crippen LogP contribution is -2.50. The van der Waals surface area contributed by atoms with Crippen molar-refractivity contribution in [2.24, 2.45) is 16.9 Å². The number of carbonyl (C=O) groups is 2. The van der Waals surface area contributed by atoms with Crippen molar-refractivity contribution in [2.45, 2.75) is 12.8 Å². The summed E-state index contributed by atoms with van der Waals surface area (Å²) < 4.78 is 4.77. The number of carbonyl (C=O) groups excluding carboxylic acids is 2. The summed E-state index contributed by atoms with van der Waals surface area (Å²) in [6, 6.07) is 0. The Morgan fingerprint density at radius 2 is 1.94 bits per heavy atom. The fourth-order valence-electron chi connectivity index (χ4n) is 2.07. The predicted octanol–water partition coefficient (Wildman–Crippen LogP) is -1.31. The maximum Gasteiger partial charge on any atom is 0.313 e. The third kappa shape index (κ3) is 2.70. The van der Waals surface area contributed by atoms with E-state index in [-0.39, 0.29) is 25.0 Å². The van der Waals surface area contributed by atoms with Crippen LogP contribution in [0.25, 0.3) is 0 Å². The van der Waals surface area contributed by atoms with Crippen LogP contribution in [-0.4, -0.2) is 50.1 Å². The Labute approximate surface area is 94.9 Å². The van der Waals surface area contributed by atoms with Gasteiger partial charge in [-0.25, -0.2) is 0 Å². The number of nitrogens with two attached hydrogens (primary N) is 2. The van der Waals surface area contributed by atoms with Gasteiger partial charge in [0.1, 0.15) is 0 Å². The zero-order chi connectivity index (χ0) is 12.2. The summed E-state index contributed by atoms with van der Waals surface area (Å²) >= 11 is 0. The molecule has 0 unspecified atom stereocenters. The average molecular weight is 229 g/mol. The highest BCUT2D eigenvalue weighted by Gasteiger charge is 2.41. The standard InChI is InChI=1S/C10H19N3O3/c1-16-9(15)10(7-11)2-4-13(5-3-10)6-8(12)14/h2-7,11H2,1H3,(H2,12,14). The summed E-state index contributed by atoms with van der Waals surface area (Å²) in [5, 5.41) is 0. The van der Waals surface area contributed by atoms with Crippen LogP contribution in [0.1, 0.15) is 12.8 Å². The molecule has 1 aliphatic heterocycles. The highest BCUT2D eigenvalue weighted by Crippen LogP contribution is 2.31. The van der Waals surface area contributed by atoms with Crippen LogP contribution in [0.2, 0.25) is 0 Å². The van der Waals surface area contributed by atoms with E-state index < -0.39 is 5.41 Å². The number of primary amides is 1. The molecule has 1 fully saturated rings. The summed E-state index contributed by atoms with van der Waals surface area (Å²) in [5.41, 5.74) is 10.2. The van der Waals surface area contributed by atoms with Gasteiger partial charge in [0.2, 0.25) is 5.91 Å². The molecule has 6 heteroatoms. The van der Waals surface area contributed by atoms with Crippen molar-refractivity contribution in [3.63, 3.8) is 0 Å². The van der Waals surface area contributed by atoms with Crippen molar-refractivity contribution in [3.05, 3.63) is 0 Å². The number of nitrogens with zero attached hydrogens (tertiary/aromatic N) is 1. The molecular formula is C10H19N3O3. The molecule has 4 N–H and O–H groups in total. The van der Waals surface area contributed by atoms with Gasteiger partial charge < -0.3 is 16.2 Å². The largest absolute Gasteiger partial charge is 0.469 e. The summed E-state index contributed by atoms with van der Waals surface area (Å²) in [6.07, 6.45) is 1.23. The maximum atomic E-state index is 11.6. The van der Waals surface area contributed by atoms with Crippen LogP contribution < -0.4 is 11.5 Å². The number of piperidine rings is 1. The number of amides is 1. The summed E-state index contributed by atoms with van der Waals surface area (Å²) in [4.78, 5) is 24.3. The van der Waals surface area contributed by atoms with Crippen molar-refractivity contribution in [1.29, 1.82) is 0 Å². The lowest BCUT2D eigenvalue weighted by molar-refractivity contribution is -0.155. The monoisotopic (exact) mass is 229 g/mol. The van der Waals surface area contributed by atoms with Gasteiger partial charge in [-0.05, 0) is 25.9 Å². The fraction of sp³-hybridized carbons (Fsp3) is 0.800. The van der Waals surface area contributed by atoms with Crippen LogP contribution in [0.15, 0.2) is 0 Å². The molecular weight excluding hydrogens is 210 g/mol. The lowest BCUT2D eigenvalue weighted by atomic mass is 9.78. The number of hydrogen-bond acceptors (Lipinski definition) is 5. The molecule has 92 valence electrons. The first-order chi connectivity index (χ1) is 7.54. The van der Waals surface area contributed by atoms with Crippen LogP contribution in [0, 0.1) is 5.41 Å². The SMILES string of the molecule is COC(=O)C1(CN)CCN(CC(N)=O)CC1. The van der Waals surface area contributed by atoms with Gasteiger partial charge in [-0.1, -0.05) is 0 Å². The third-order valence-electron chi connectivity index (χ3n) is 3.20. The Hall–Kier alpha value is -1.14. The van der Waals surface area contributed by atoms with Crippen LogP contribution >= 0.6 is 0 Å². The molecule has 0 aromatic heterocycles. The molecule has 0 aromatic rings. The molecule has 0 aromatic carbocycles. The van der Waals surface area contributed by atoms with Gasteiger partial charge >= 0.3 is 5.97 Å². The molecule has 0 radical (unpaired) electrons. The number of methoxy groups -OCH3 is 1. The second-order valence-electron chi connectivity index (χ2n) is 4.22. The normalized spacial score (nSPS) is 20.4. The minimum absolute atomic E-state index is 0.238. The lowest BCUT2D eigenvalue weighted by Gasteiger charge is -2.38. The molecule has 1 heterocycles. The molecule has 6 nitrogen and oxygen atoms in total. The minimum atomic E-state index is -0.580. The molecule has 0 atom stereocenters. The van der Waals surface area contributed by atoms with Crippen LogP contribution in [-0.2, 0) is 14.3 Å². The predicted molar refractivity (Wildman–Crippen MR) is 58.4 cm³/mol. The van der Waals surface area contributed by atoms with Crippen LogP contribution in [0.3, 0.4) is 0 Å². The molecule has 0 spiro atoms. The quantitative estimate of drug-likeness (QED) is 0.583. The average Bonchev–Trinajstić information content (AvgIpc) is 2.28. The molecule has 0 bridgehead atoms. The third-order valence-corrected chi connectivity index (χ3v) is 3.20. The first kappa shape index (κ1) is 12.9. The number of likely N-dealkylation sites (tertiary alicyclic amines) is 1. The Morgan fingerprint density at radius 1 is 1.38 bits per heavy atom. The highest BCUT2D eigenvalue weighted by atomic mass is 16.5. The second-order valence-corrected chi connectivity index (χ2v) is 4.22. The van der Waals surface area contributed by atoms with Gasteiger partial charge in [0.25, 0.3) is 0 Å². The van der Waals surface area contributed by atoms with E-state index in [0.29, 0.717) is 25.9 Å². The number of ether oxygens (including phenoxy) is 1. The number of hydrogen-bond donors (Lipinski definition) is 2. The van der Waals surface area contributed by atoms with Crippen molar-refractivity contribution >= 4 is 11.9 Å². The topological polar surface area (TPSA) is 98.7 Å². The Bertz CT molecular complexity index is 272. The molecule has 16 heavy (non-hydrogen) atoms. The Kier molecular flexibility index (Phi) is 4.26. The maximum absolute atomic E-state index is 11.6. The van der Waals surface area contributed by atoms with E-state index in [4.69, 9.17) is 16.2 Å². The van der Waals surface area contributed by atoms with E-state index in [1.54, 1.807) is 0 Å². The molecule has 0 saturated carbocycles. The molecule has 1 rings (SSSR count). The molecule has 1 saturated heterocycles. The minimum Gasteiger partial charge on any atom is -0.469 e. The van der Waals surface area contributed by atoms with Crippen molar-refractivity contribution in [2.75, 3.05) is 33.3 Å². The molecule has 0 aliphatic carbocycles. The number of rotatable bonds is 4. The van der Waals surface area contributed by atoms with Gasteiger partial charge in [0.15, 0.2) is 0 Å². The van der Waals surface area contributed by atoms with Crippen molar-refractivity contribution in [3.8, 4) is 0 Å². The Morgan fingerprint density at radius 3 is 2.31 bits per heavy atom. The zero-order valence-electron chi connectivity index (χ0n) is 9.57. The summed E-state index contributed by atoms with van der Waals surface area (Å²) in [6.45, 7) is 1.82. The van der Waals surface area contributed by atoms with Crippen LogP contribution in [0.4, 0.5) is 0 Å². The molecule has 1 amide bonds. The van der Waals surface area contributed by atoms with Crippen molar-refractivity contribution in [1.82, 2.24) is 4.90 Å². The van der Waals surface area contributed by atoms with E-state index in [0.717, 1.165) is 0 Å². The van der Waals surface area contributed by atoms with E-state index in [2.05, 4.69) is 0 Å². The summed E-state index contributed by atoms with van der Waals surface area (Å²) in [5.74, 6) is -0.605. The van der Waals surface area contributed by atoms with E-state index >= 15 is 0 Å². The first-order valence-corrected chi connectivity index (χ1v) is 5.33. The summed E-state index contributed by atoms with van der Waals surface area (Å²) in [7, 11) is 1.37. The molecule has 1 aliphatic rings. The van der Waals surface area contributed by atoms with Gasteiger partial charge in [-0.2, -0.15) is 0 Å². The van der Waals surface area contributed by atoms with E-state index in [9.17, 15) is 9.59 Å². The highest BCUT2D eigenvalue weighted by molar-refractivity contribution is 5.78. The van der Waals surface area contributed by atoms with Gasteiger partial charge in [-0.3, -0.25) is 14.5 Å². The number of esters is 1. The van der Waals surface area contributed by atoms with Crippen LogP contribution in [0.5, 0.6) is 0 Å². The Balaban J connectivity index is 2.57. The van der Waals surface area contributed by atoms with Gasteiger partial charge in [-0.15, -0.1) is 0 Å². The van der Waals surface area contributed by atoms with Gasteiger partial charge in [0.05, 0.1) is 19.1 Å². The van der Waals surface area contributed by atoms with E-state index in [1.807, 2.05) is 4.90 Å².